The molecule has 0 heterocycles. The van der Waals surface area contributed by atoms with Gasteiger partial charge in [-0.05, 0) is 62.2 Å². The summed E-state index contributed by atoms with van der Waals surface area (Å²) in [6.07, 6.45) is 2.35. The van der Waals surface area contributed by atoms with E-state index in [1.54, 1.807) is 20.8 Å². The first-order valence-corrected chi connectivity index (χ1v) is 16.9. The fraction of sp³-hybridized carbons (Fsp3) is 0.944. The van der Waals surface area contributed by atoms with Crippen LogP contribution in [0.4, 0.5) is 0 Å². The number of nitrogens with zero attached hydrogens (tertiary/aromatic N) is 2. The molecule has 0 spiro atoms. The van der Waals surface area contributed by atoms with Gasteiger partial charge in [-0.2, -0.15) is 0 Å². The summed E-state index contributed by atoms with van der Waals surface area (Å²) >= 11 is 0. The van der Waals surface area contributed by atoms with Crippen LogP contribution >= 0.6 is 0 Å². The molecule has 0 saturated heterocycles. The Hall–Kier alpha value is -0.940. The summed E-state index contributed by atoms with van der Waals surface area (Å²) in [6.45, 7) is 44.3. The minimum Gasteiger partial charge on any atom is -0.393 e. The van der Waals surface area contributed by atoms with Crippen molar-refractivity contribution in [1.82, 2.24) is 9.80 Å². The van der Waals surface area contributed by atoms with Gasteiger partial charge in [-0.1, -0.05) is 110 Å². The van der Waals surface area contributed by atoms with E-state index in [0.29, 0.717) is 6.42 Å². The zero-order valence-electron chi connectivity index (χ0n) is 31.0. The molecule has 0 aliphatic rings. The molecule has 5 nitrogen and oxygen atoms in total. The van der Waals surface area contributed by atoms with Gasteiger partial charge in [0.05, 0.1) is 11.3 Å². The maximum absolute atomic E-state index is 11.6. The Bertz CT molecular complexity index is 561. The molecule has 0 fully saturated rings. The van der Waals surface area contributed by atoms with E-state index in [1.165, 1.54) is 39.3 Å². The molecule has 41 heavy (non-hydrogen) atoms. The fourth-order valence-corrected chi connectivity index (χ4v) is 4.57. The third kappa shape index (κ3) is 28.9. The van der Waals surface area contributed by atoms with Gasteiger partial charge in [0, 0.05) is 39.3 Å². The van der Waals surface area contributed by atoms with Crippen LogP contribution in [0.5, 0.6) is 0 Å². The Morgan fingerprint density at radius 1 is 0.561 bits per heavy atom. The SMILES string of the molecule is CC(C)CN(CC(C)C)CC(C)C.CC(C)CN(CC(C)C)CC(C)C.CCCC(C)C(=O)OC(=O)C(C)(C)CC. The second-order valence-corrected chi connectivity index (χ2v) is 15.4. The van der Waals surface area contributed by atoms with Gasteiger partial charge >= 0.3 is 11.9 Å². The molecule has 0 aromatic carbocycles. The predicted octanol–water partition coefficient (Wildman–Crippen LogP) is 9.44. The maximum Gasteiger partial charge on any atom is 0.319 e. The highest BCUT2D eigenvalue weighted by atomic mass is 16.6. The largest absolute Gasteiger partial charge is 0.393 e. The van der Waals surface area contributed by atoms with Crippen molar-refractivity contribution in [3.63, 3.8) is 0 Å². The third-order valence-electron chi connectivity index (χ3n) is 6.49. The molecule has 0 N–H and O–H groups in total. The second-order valence-electron chi connectivity index (χ2n) is 15.4. The zero-order chi connectivity index (χ0) is 32.9. The van der Waals surface area contributed by atoms with Crippen LogP contribution in [0.2, 0.25) is 0 Å². The molecule has 0 bridgehead atoms. The lowest BCUT2D eigenvalue weighted by Crippen LogP contribution is -2.34. The molecule has 248 valence electrons. The smallest absolute Gasteiger partial charge is 0.319 e. The van der Waals surface area contributed by atoms with Crippen molar-refractivity contribution in [3.05, 3.63) is 0 Å². The molecule has 0 amide bonds. The van der Waals surface area contributed by atoms with Gasteiger partial charge in [-0.25, -0.2) is 0 Å². The van der Waals surface area contributed by atoms with Gasteiger partial charge in [0.25, 0.3) is 0 Å². The molecule has 5 heteroatoms. The quantitative estimate of drug-likeness (QED) is 0.126. The van der Waals surface area contributed by atoms with Crippen LogP contribution in [0, 0.1) is 46.8 Å². The number of ether oxygens (including phenoxy) is 1. The Morgan fingerprint density at radius 3 is 1.02 bits per heavy atom. The highest BCUT2D eigenvalue weighted by molar-refractivity contribution is 5.89. The Kier molecular flexibility index (Phi) is 26.6. The molecular formula is C36H76N2O3. The van der Waals surface area contributed by atoms with E-state index in [2.05, 4.69) is 92.9 Å². The van der Waals surface area contributed by atoms with Crippen LogP contribution in [0.1, 0.15) is 137 Å². The van der Waals surface area contributed by atoms with Crippen LogP contribution in [0.25, 0.3) is 0 Å². The Morgan fingerprint density at radius 2 is 0.829 bits per heavy atom. The van der Waals surface area contributed by atoms with Crippen molar-refractivity contribution < 1.29 is 14.3 Å². The topological polar surface area (TPSA) is 49.9 Å². The van der Waals surface area contributed by atoms with Crippen molar-refractivity contribution in [2.24, 2.45) is 46.8 Å². The van der Waals surface area contributed by atoms with Crippen molar-refractivity contribution in [2.75, 3.05) is 39.3 Å². The molecule has 0 aromatic rings. The molecule has 0 aliphatic heterocycles. The highest BCUT2D eigenvalue weighted by Gasteiger charge is 2.30. The van der Waals surface area contributed by atoms with E-state index < -0.39 is 17.4 Å². The summed E-state index contributed by atoms with van der Waals surface area (Å²) < 4.78 is 4.84. The summed E-state index contributed by atoms with van der Waals surface area (Å²) in [5.41, 5.74) is -0.568. The summed E-state index contributed by atoms with van der Waals surface area (Å²) in [5, 5.41) is 0. The number of esters is 2. The molecule has 0 aromatic heterocycles. The van der Waals surface area contributed by atoms with E-state index in [0.717, 1.165) is 48.3 Å². The number of hydrogen-bond acceptors (Lipinski definition) is 5. The average Bonchev–Trinajstić information content (AvgIpc) is 2.77. The van der Waals surface area contributed by atoms with Gasteiger partial charge in [0.1, 0.15) is 0 Å². The molecular weight excluding hydrogens is 508 g/mol. The fourth-order valence-electron chi connectivity index (χ4n) is 4.57. The van der Waals surface area contributed by atoms with Crippen LogP contribution in [0.15, 0.2) is 0 Å². The van der Waals surface area contributed by atoms with Gasteiger partial charge in [0.15, 0.2) is 0 Å². The zero-order valence-corrected chi connectivity index (χ0v) is 31.0. The first kappa shape index (κ1) is 44.5. The van der Waals surface area contributed by atoms with Crippen molar-refractivity contribution >= 4 is 11.9 Å². The van der Waals surface area contributed by atoms with Crippen molar-refractivity contribution in [3.8, 4) is 0 Å². The predicted molar refractivity (Wildman–Crippen MR) is 181 cm³/mol. The average molecular weight is 585 g/mol. The van der Waals surface area contributed by atoms with Crippen molar-refractivity contribution in [1.29, 1.82) is 0 Å². The number of rotatable bonds is 17. The minimum absolute atomic E-state index is 0.188. The summed E-state index contributed by atoms with van der Waals surface area (Å²) in [7, 11) is 0. The monoisotopic (exact) mass is 585 g/mol. The summed E-state index contributed by atoms with van der Waals surface area (Å²) in [6, 6.07) is 0. The van der Waals surface area contributed by atoms with Crippen molar-refractivity contribution in [2.45, 2.75) is 137 Å². The first-order chi connectivity index (χ1) is 18.7. The lowest BCUT2D eigenvalue weighted by Gasteiger charge is -2.27. The first-order valence-electron chi connectivity index (χ1n) is 16.9. The van der Waals surface area contributed by atoms with E-state index in [4.69, 9.17) is 4.74 Å². The minimum atomic E-state index is -0.568. The molecule has 1 atom stereocenters. The third-order valence-corrected chi connectivity index (χ3v) is 6.49. The standard InChI is InChI=1S/2C12H27N.C12H22O3/c2*1-10(2)7-13(8-11(3)4)9-12(5)6;1-6-8-9(3)10(13)15-11(14)12(4,5)7-2/h2*10-12H,7-9H2,1-6H3;9H,6-8H2,1-5H3. The number of carbonyl (C=O) groups is 2. The highest BCUT2D eigenvalue weighted by Crippen LogP contribution is 2.22. The van der Waals surface area contributed by atoms with Gasteiger partial charge in [0.2, 0.25) is 0 Å². The molecule has 0 aliphatic carbocycles. The Labute approximate surface area is 258 Å². The summed E-state index contributed by atoms with van der Waals surface area (Å²) in [5.74, 6) is 3.73. The van der Waals surface area contributed by atoms with Gasteiger partial charge < -0.3 is 14.5 Å². The van der Waals surface area contributed by atoms with E-state index in [1.807, 2.05) is 13.8 Å². The number of hydrogen-bond donors (Lipinski definition) is 0. The second kappa shape index (κ2) is 24.5. The summed E-state index contributed by atoms with van der Waals surface area (Å²) in [4.78, 5) is 28.2. The van der Waals surface area contributed by atoms with Crippen LogP contribution < -0.4 is 0 Å². The molecule has 0 saturated carbocycles. The lowest BCUT2D eigenvalue weighted by atomic mass is 9.90. The van der Waals surface area contributed by atoms with E-state index in [9.17, 15) is 9.59 Å². The van der Waals surface area contributed by atoms with E-state index in [-0.39, 0.29) is 5.92 Å². The molecule has 1 unspecified atom stereocenters. The van der Waals surface area contributed by atoms with Gasteiger partial charge in [-0.3, -0.25) is 9.59 Å². The van der Waals surface area contributed by atoms with E-state index >= 15 is 0 Å². The lowest BCUT2D eigenvalue weighted by molar-refractivity contribution is -0.168. The number of carbonyl (C=O) groups excluding carboxylic acids is 2. The normalized spacial score (nSPS) is 12.8. The molecule has 0 rings (SSSR count). The van der Waals surface area contributed by atoms with Crippen LogP contribution in [-0.4, -0.2) is 61.0 Å². The van der Waals surface area contributed by atoms with Crippen LogP contribution in [-0.2, 0) is 14.3 Å². The maximum atomic E-state index is 11.6. The van der Waals surface area contributed by atoms with Crippen LogP contribution in [0.3, 0.4) is 0 Å². The van der Waals surface area contributed by atoms with Gasteiger partial charge in [-0.15, -0.1) is 0 Å². The Balaban J connectivity index is -0.000000530. The molecule has 0 radical (unpaired) electrons.